The van der Waals surface area contributed by atoms with Gasteiger partial charge in [-0.15, -0.1) is 34.9 Å². The smallest absolute Gasteiger partial charge is 0.352 e. The van der Waals surface area contributed by atoms with Gasteiger partial charge in [0.25, 0.3) is 11.8 Å². The molecule has 16 heteroatoms. The number of thioether (sulfide) groups is 2. The topological polar surface area (TPSA) is 188 Å². The van der Waals surface area contributed by atoms with Gasteiger partial charge in [-0.2, -0.15) is 0 Å². The van der Waals surface area contributed by atoms with E-state index < -0.39 is 40.8 Å². The molecule has 0 bridgehead atoms. The molecule has 0 radical (unpaired) electrons. The van der Waals surface area contributed by atoms with Gasteiger partial charge in [0.15, 0.2) is 23.2 Å². The summed E-state index contributed by atoms with van der Waals surface area (Å²) in [6.07, 6.45) is 3.77. The van der Waals surface area contributed by atoms with Crippen LogP contribution in [0.4, 0.5) is 5.13 Å². The number of rotatable bonds is 10. The van der Waals surface area contributed by atoms with Crippen LogP contribution < -0.4 is 15.6 Å². The van der Waals surface area contributed by atoms with E-state index in [1.54, 1.807) is 0 Å². The van der Waals surface area contributed by atoms with Gasteiger partial charge in [0.05, 0.1) is 0 Å². The number of hydrogen-bond acceptors (Lipinski definition) is 11. The van der Waals surface area contributed by atoms with Crippen LogP contribution in [0.3, 0.4) is 0 Å². The van der Waals surface area contributed by atoms with Crippen molar-refractivity contribution in [2.75, 3.05) is 17.2 Å². The molecular weight excluding hydrogens is 568 g/mol. The highest BCUT2D eigenvalue weighted by molar-refractivity contribution is 8.01. The highest BCUT2D eigenvalue weighted by Crippen LogP contribution is 2.41. The van der Waals surface area contributed by atoms with Crippen LogP contribution in [0.5, 0.6) is 0 Å². The van der Waals surface area contributed by atoms with Crippen LogP contribution in [0.15, 0.2) is 51.2 Å². The molecule has 4 heterocycles. The Kier molecular flexibility index (Phi) is 8.17. The number of nitrogen functional groups attached to an aromatic ring is 1. The van der Waals surface area contributed by atoms with Gasteiger partial charge in [-0.25, -0.2) is 19.1 Å². The van der Waals surface area contributed by atoms with Crippen LogP contribution >= 0.6 is 34.9 Å². The zero-order valence-electron chi connectivity index (χ0n) is 21.0. The first-order valence-corrected chi connectivity index (χ1v) is 14.3. The highest BCUT2D eigenvalue weighted by atomic mass is 32.2. The number of fused-ring (bicyclic) bond motifs is 1. The molecule has 13 nitrogen and oxygen atoms in total. The molecule has 2 atom stereocenters. The lowest BCUT2D eigenvalue weighted by molar-refractivity contribution is -0.671. The Morgan fingerprint density at radius 2 is 2.03 bits per heavy atom. The monoisotopic (exact) mass is 593 g/mol. The third-order valence-electron chi connectivity index (χ3n) is 5.76. The van der Waals surface area contributed by atoms with Gasteiger partial charge >= 0.3 is 11.9 Å². The maximum atomic E-state index is 13.2. The summed E-state index contributed by atoms with van der Waals surface area (Å²) in [4.78, 5) is 61.0. The summed E-state index contributed by atoms with van der Waals surface area (Å²) in [6.45, 7) is 2.51. The normalized spacial score (nSPS) is 19.3. The molecule has 2 aliphatic rings. The third kappa shape index (κ3) is 6.02. The van der Waals surface area contributed by atoms with E-state index in [0.717, 1.165) is 16.2 Å². The second kappa shape index (κ2) is 11.2. The van der Waals surface area contributed by atoms with Crippen molar-refractivity contribution in [3.05, 3.63) is 46.9 Å². The zero-order valence-corrected chi connectivity index (χ0v) is 23.4. The fourth-order valence-corrected chi connectivity index (χ4v) is 6.47. The minimum absolute atomic E-state index is 0.0380. The lowest BCUT2D eigenvalue weighted by atomic mass is 10.0. The van der Waals surface area contributed by atoms with Crippen molar-refractivity contribution in [1.82, 2.24) is 15.2 Å². The van der Waals surface area contributed by atoms with Gasteiger partial charge in [-0.1, -0.05) is 5.16 Å². The lowest BCUT2D eigenvalue weighted by Gasteiger charge is -2.49. The average molecular weight is 594 g/mol. The second-order valence-corrected chi connectivity index (χ2v) is 12.1. The van der Waals surface area contributed by atoms with E-state index in [0.29, 0.717) is 17.1 Å². The first-order valence-electron chi connectivity index (χ1n) is 11.4. The molecule has 2 aromatic heterocycles. The molecule has 5 N–H and O–H groups in total. The number of aryl methyl sites for hydroxylation is 1. The number of carbonyl (C=O) groups excluding carboxylic acids is 2. The van der Waals surface area contributed by atoms with E-state index in [2.05, 4.69) is 15.5 Å². The van der Waals surface area contributed by atoms with Crippen molar-refractivity contribution in [3.8, 4) is 0 Å². The quantitative estimate of drug-likeness (QED) is 0.0996. The van der Waals surface area contributed by atoms with Gasteiger partial charge in [0, 0.05) is 33.9 Å². The van der Waals surface area contributed by atoms with Crippen LogP contribution in [-0.2, 0) is 31.1 Å². The Bertz CT molecular complexity index is 1390. The predicted octanol–water partition coefficient (Wildman–Crippen LogP) is 0.665. The Morgan fingerprint density at radius 1 is 1.33 bits per heavy atom. The molecular formula is C23H25N6O7S3+. The molecule has 206 valence electrons. The van der Waals surface area contributed by atoms with Crippen molar-refractivity contribution in [3.63, 3.8) is 0 Å². The molecule has 1 fully saturated rings. The maximum absolute atomic E-state index is 13.2. The second-order valence-electron chi connectivity index (χ2n) is 9.02. The van der Waals surface area contributed by atoms with Crippen molar-refractivity contribution < 1.29 is 38.8 Å². The average Bonchev–Trinajstić information content (AvgIpc) is 3.31. The number of anilines is 1. The number of carboxylic acid groups (broad SMARTS) is 2. The third-order valence-corrected chi connectivity index (χ3v) is 8.87. The number of nitrogens with one attached hydrogen (secondary N) is 1. The maximum Gasteiger partial charge on any atom is 0.352 e. The summed E-state index contributed by atoms with van der Waals surface area (Å²) in [6, 6.07) is 2.80. The number of nitrogens with two attached hydrogens (primary N) is 1. The summed E-state index contributed by atoms with van der Waals surface area (Å²) in [5, 5.41) is 26.4. The molecule has 0 spiro atoms. The van der Waals surface area contributed by atoms with E-state index in [9.17, 15) is 29.4 Å². The number of carboxylic acids is 2. The standard InChI is InChI=1S/C23H24N6O7S3/c1-23(2,21(34)35)36-27-14(13-10-39-22(24)25-13)17(30)26-15-18(31)29-16(20(32)33)11(9-38-19(15)29)8-37-12-4-6-28(3)7-5-12/h4-7,10,15,19H,8-9H2,1-3H3,(H4-,24,25,26,30,32,33,34,35)/p+1/t15-,19-/m1/s1. The Morgan fingerprint density at radius 3 is 2.62 bits per heavy atom. The molecule has 4 rings (SSSR count). The van der Waals surface area contributed by atoms with Gasteiger partial charge in [-0.3, -0.25) is 14.5 Å². The number of pyridine rings is 1. The molecule has 39 heavy (non-hydrogen) atoms. The van der Waals surface area contributed by atoms with Gasteiger partial charge in [0.2, 0.25) is 5.60 Å². The van der Waals surface area contributed by atoms with E-state index in [4.69, 9.17) is 10.6 Å². The number of aromatic nitrogens is 2. The lowest BCUT2D eigenvalue weighted by Crippen LogP contribution is -2.71. The van der Waals surface area contributed by atoms with Crippen molar-refractivity contribution in [2.24, 2.45) is 12.2 Å². The van der Waals surface area contributed by atoms with Crippen LogP contribution in [0.25, 0.3) is 0 Å². The Hall–Kier alpha value is -3.63. The number of aliphatic carboxylic acids is 2. The van der Waals surface area contributed by atoms with Gasteiger partial charge in [-0.05, 0) is 19.4 Å². The number of oxime groups is 1. The first kappa shape index (κ1) is 28.4. The Balaban J connectivity index is 1.51. The number of nitrogens with zero attached hydrogens (tertiary/aromatic N) is 4. The van der Waals surface area contributed by atoms with Crippen LogP contribution in [0.1, 0.15) is 19.5 Å². The number of β-lactam (4-membered cyclic amide) rings is 1. The number of carbonyl (C=O) groups is 4. The molecule has 1 saturated heterocycles. The minimum Gasteiger partial charge on any atom is -0.478 e. The number of amides is 2. The molecule has 0 saturated carbocycles. The van der Waals surface area contributed by atoms with Crippen LogP contribution in [0, 0.1) is 0 Å². The largest absolute Gasteiger partial charge is 0.478 e. The molecule has 2 aliphatic heterocycles. The summed E-state index contributed by atoms with van der Waals surface area (Å²) in [5.74, 6) is -3.23. The summed E-state index contributed by atoms with van der Waals surface area (Å²) in [5.41, 5.74) is 4.11. The fraction of sp³-hybridized carbons (Fsp3) is 0.348. The SMILES string of the molecule is C[n+]1ccc(SCC2=C(C(=O)O)N3C(=O)[C@@H](NC(=O)C(=NOC(C)(C)C(=O)O)c4csc(N)n4)[C@H]3SC2)cc1. The van der Waals surface area contributed by atoms with E-state index in [-0.39, 0.29) is 22.2 Å². The Labute approximate surface area is 235 Å². The molecule has 0 unspecified atom stereocenters. The molecule has 2 aromatic rings. The number of hydrogen-bond donors (Lipinski definition) is 4. The highest BCUT2D eigenvalue weighted by Gasteiger charge is 2.54. The summed E-state index contributed by atoms with van der Waals surface area (Å²) >= 11 is 3.84. The molecule has 0 aliphatic carbocycles. The van der Waals surface area contributed by atoms with Gasteiger partial charge < -0.3 is 26.1 Å². The van der Waals surface area contributed by atoms with Crippen LogP contribution in [-0.4, -0.2) is 78.1 Å². The van der Waals surface area contributed by atoms with Crippen molar-refractivity contribution in [2.45, 2.75) is 35.8 Å². The van der Waals surface area contributed by atoms with E-state index >= 15 is 0 Å². The van der Waals surface area contributed by atoms with Crippen LogP contribution in [0.2, 0.25) is 0 Å². The van der Waals surface area contributed by atoms with Crippen molar-refractivity contribution >= 4 is 69.5 Å². The zero-order chi connectivity index (χ0) is 28.5. The summed E-state index contributed by atoms with van der Waals surface area (Å²) in [7, 11) is 1.90. The molecule has 0 aromatic carbocycles. The summed E-state index contributed by atoms with van der Waals surface area (Å²) < 4.78 is 1.89. The van der Waals surface area contributed by atoms with E-state index in [1.165, 1.54) is 47.7 Å². The predicted molar refractivity (Wildman–Crippen MR) is 144 cm³/mol. The number of thiazole rings is 1. The fourth-order valence-electron chi connectivity index (χ4n) is 3.56. The molecule has 2 amide bonds. The van der Waals surface area contributed by atoms with Crippen molar-refractivity contribution in [1.29, 1.82) is 0 Å². The minimum atomic E-state index is -1.75. The van der Waals surface area contributed by atoms with Gasteiger partial charge in [0.1, 0.15) is 29.9 Å². The van der Waals surface area contributed by atoms with E-state index in [1.807, 2.05) is 36.1 Å². The first-order chi connectivity index (χ1) is 18.4.